The summed E-state index contributed by atoms with van der Waals surface area (Å²) in [6, 6.07) is 7.67. The highest BCUT2D eigenvalue weighted by Crippen LogP contribution is 2.28. The second-order valence-electron chi connectivity index (χ2n) is 5.96. The van der Waals surface area contributed by atoms with E-state index in [1.807, 2.05) is 30.5 Å². The fraction of sp³-hybridized carbons (Fsp3) is 0.263. The van der Waals surface area contributed by atoms with Crippen molar-refractivity contribution in [1.29, 1.82) is 0 Å². The van der Waals surface area contributed by atoms with Crippen LogP contribution in [0.2, 0.25) is 0 Å². The molecule has 1 saturated heterocycles. The quantitative estimate of drug-likeness (QED) is 0.599. The van der Waals surface area contributed by atoms with Crippen LogP contribution in [-0.4, -0.2) is 53.3 Å². The molecule has 3 aromatic heterocycles. The maximum Gasteiger partial charge on any atom is 0.175 e. The molecule has 0 saturated carbocycles. The van der Waals surface area contributed by atoms with E-state index in [4.69, 9.17) is 9.47 Å². The van der Waals surface area contributed by atoms with E-state index in [1.54, 1.807) is 25.7 Å². The number of anilines is 3. The number of nitrogens with zero attached hydrogens (tertiary/aromatic N) is 5. The predicted octanol–water partition coefficient (Wildman–Crippen LogP) is 3.79. The molecule has 4 rings (SSSR count). The van der Waals surface area contributed by atoms with Crippen molar-refractivity contribution in [3.63, 3.8) is 0 Å². The van der Waals surface area contributed by atoms with Gasteiger partial charge in [0, 0.05) is 25.5 Å². The average Bonchev–Trinajstić information content (AvgIpc) is 2.75. The van der Waals surface area contributed by atoms with E-state index in [-0.39, 0.29) is 37.2 Å². The summed E-state index contributed by atoms with van der Waals surface area (Å²) in [5, 5.41) is 3.23. The molecule has 8 nitrogen and oxygen atoms in total. The highest BCUT2D eigenvalue weighted by molar-refractivity contribution is 5.86. The molecular weight excluding hydrogens is 451 g/mol. The Hall–Kier alpha value is -2.39. The molecule has 4 heterocycles. The first-order valence-electron chi connectivity index (χ1n) is 8.71. The average molecular weight is 474 g/mol. The van der Waals surface area contributed by atoms with Crippen LogP contribution in [-0.2, 0) is 4.74 Å². The van der Waals surface area contributed by atoms with Gasteiger partial charge in [0.25, 0.3) is 0 Å². The van der Waals surface area contributed by atoms with Gasteiger partial charge in [-0.2, -0.15) is 0 Å². The summed E-state index contributed by atoms with van der Waals surface area (Å²) in [6.45, 7) is 3.25. The van der Waals surface area contributed by atoms with E-state index in [0.717, 1.165) is 32.0 Å². The number of nitrogens with one attached hydrogen (secondary N) is 1. The van der Waals surface area contributed by atoms with E-state index in [1.165, 1.54) is 0 Å². The number of ether oxygens (including phenoxy) is 2. The molecular formula is C19H23Cl3N6O2. The smallest absolute Gasteiger partial charge is 0.175 e. The number of pyridine rings is 2. The number of aromatic nitrogens is 4. The van der Waals surface area contributed by atoms with Crippen molar-refractivity contribution in [2.75, 3.05) is 43.6 Å². The van der Waals surface area contributed by atoms with Gasteiger partial charge in [-0.3, -0.25) is 9.97 Å². The van der Waals surface area contributed by atoms with Crippen molar-refractivity contribution < 1.29 is 9.47 Å². The van der Waals surface area contributed by atoms with Gasteiger partial charge in [-0.05, 0) is 24.3 Å². The van der Waals surface area contributed by atoms with E-state index in [9.17, 15) is 0 Å². The molecule has 1 aliphatic heterocycles. The van der Waals surface area contributed by atoms with Gasteiger partial charge >= 0.3 is 0 Å². The van der Waals surface area contributed by atoms with Gasteiger partial charge < -0.3 is 19.7 Å². The summed E-state index contributed by atoms with van der Waals surface area (Å²) in [4.78, 5) is 19.8. The van der Waals surface area contributed by atoms with E-state index in [2.05, 4.69) is 30.2 Å². The summed E-state index contributed by atoms with van der Waals surface area (Å²) in [5.74, 6) is 1.89. The summed E-state index contributed by atoms with van der Waals surface area (Å²) in [6.07, 6.45) is 6.80. The third-order valence-electron chi connectivity index (χ3n) is 4.27. The van der Waals surface area contributed by atoms with Gasteiger partial charge in [0.05, 0.1) is 44.1 Å². The number of halogens is 3. The Morgan fingerprint density at radius 3 is 2.37 bits per heavy atom. The molecule has 0 radical (unpaired) electrons. The van der Waals surface area contributed by atoms with Gasteiger partial charge in [-0.15, -0.1) is 37.2 Å². The third-order valence-corrected chi connectivity index (χ3v) is 4.27. The zero-order chi connectivity index (χ0) is 18.5. The number of rotatable bonds is 5. The Kier molecular flexibility index (Phi) is 10.5. The Balaban J connectivity index is 0.00000150. The van der Waals surface area contributed by atoms with Gasteiger partial charge in [-0.25, -0.2) is 9.97 Å². The maximum absolute atomic E-state index is 5.42. The first kappa shape index (κ1) is 25.6. The third kappa shape index (κ3) is 6.06. The lowest BCUT2D eigenvalue weighted by molar-refractivity contribution is 0.122. The summed E-state index contributed by atoms with van der Waals surface area (Å²) in [7, 11) is 1.61. The SMILES string of the molecule is COc1ccc(-c2cnccn2)nc1Nc1ccc(N2CCOCC2)cn1.Cl.Cl.Cl. The second kappa shape index (κ2) is 12.3. The molecule has 1 fully saturated rings. The van der Waals surface area contributed by atoms with Gasteiger partial charge in [0.1, 0.15) is 11.5 Å². The Bertz CT molecular complexity index is 897. The van der Waals surface area contributed by atoms with Crippen LogP contribution >= 0.6 is 37.2 Å². The van der Waals surface area contributed by atoms with Crippen molar-refractivity contribution in [3.8, 4) is 17.1 Å². The standard InChI is InChI=1S/C19H20N6O2.3ClH/c1-26-17-4-3-15(16-13-20-6-7-21-16)23-19(17)24-18-5-2-14(12-22-18)25-8-10-27-11-9-25;;;/h2-7,12-13H,8-11H2,1H3,(H,22,23,24);3*1H. The second-order valence-corrected chi connectivity index (χ2v) is 5.96. The molecule has 0 atom stereocenters. The van der Waals surface area contributed by atoms with Crippen LogP contribution in [0.25, 0.3) is 11.4 Å². The predicted molar refractivity (Wildman–Crippen MR) is 124 cm³/mol. The van der Waals surface area contributed by atoms with Gasteiger partial charge in [-0.1, -0.05) is 0 Å². The van der Waals surface area contributed by atoms with E-state index >= 15 is 0 Å². The minimum Gasteiger partial charge on any atom is -0.493 e. The minimum absolute atomic E-state index is 0. The Labute approximate surface area is 193 Å². The molecule has 1 aliphatic rings. The topological polar surface area (TPSA) is 85.3 Å². The fourth-order valence-electron chi connectivity index (χ4n) is 2.86. The van der Waals surface area contributed by atoms with Crippen molar-refractivity contribution in [1.82, 2.24) is 19.9 Å². The molecule has 0 spiro atoms. The number of hydrogen-bond acceptors (Lipinski definition) is 8. The lowest BCUT2D eigenvalue weighted by Gasteiger charge is -2.28. The Morgan fingerprint density at radius 1 is 0.933 bits per heavy atom. The van der Waals surface area contributed by atoms with Crippen LogP contribution in [0.1, 0.15) is 0 Å². The molecule has 3 aromatic rings. The van der Waals surface area contributed by atoms with Crippen molar-refractivity contribution in [3.05, 3.63) is 49.1 Å². The number of hydrogen-bond donors (Lipinski definition) is 1. The first-order valence-corrected chi connectivity index (χ1v) is 8.71. The molecule has 0 aliphatic carbocycles. The maximum atomic E-state index is 5.42. The van der Waals surface area contributed by atoms with Crippen LogP contribution < -0.4 is 15.0 Å². The van der Waals surface area contributed by atoms with Crippen molar-refractivity contribution >= 4 is 54.5 Å². The van der Waals surface area contributed by atoms with E-state index in [0.29, 0.717) is 28.8 Å². The highest BCUT2D eigenvalue weighted by atomic mass is 35.5. The zero-order valence-electron chi connectivity index (χ0n) is 16.2. The summed E-state index contributed by atoms with van der Waals surface area (Å²) >= 11 is 0. The van der Waals surface area contributed by atoms with E-state index < -0.39 is 0 Å². The lowest BCUT2D eigenvalue weighted by Crippen LogP contribution is -2.36. The van der Waals surface area contributed by atoms with Crippen LogP contribution in [0, 0.1) is 0 Å². The normalized spacial score (nSPS) is 12.6. The molecule has 0 unspecified atom stereocenters. The van der Waals surface area contributed by atoms with Gasteiger partial charge in [0.15, 0.2) is 11.6 Å². The van der Waals surface area contributed by atoms with Crippen molar-refractivity contribution in [2.24, 2.45) is 0 Å². The minimum atomic E-state index is 0. The molecule has 1 N–H and O–H groups in total. The van der Waals surface area contributed by atoms with Crippen molar-refractivity contribution in [2.45, 2.75) is 0 Å². The molecule has 0 amide bonds. The molecule has 30 heavy (non-hydrogen) atoms. The highest BCUT2D eigenvalue weighted by Gasteiger charge is 2.13. The molecule has 0 bridgehead atoms. The van der Waals surface area contributed by atoms with Crippen LogP contribution in [0.15, 0.2) is 49.1 Å². The van der Waals surface area contributed by atoms with Crippen LogP contribution in [0.3, 0.4) is 0 Å². The summed E-state index contributed by atoms with van der Waals surface area (Å²) in [5.41, 5.74) is 2.48. The number of morpholine rings is 1. The number of methoxy groups -OCH3 is 1. The van der Waals surface area contributed by atoms with Crippen LogP contribution in [0.5, 0.6) is 5.75 Å². The fourth-order valence-corrected chi connectivity index (χ4v) is 2.86. The lowest BCUT2D eigenvalue weighted by atomic mass is 10.2. The van der Waals surface area contributed by atoms with Crippen LogP contribution in [0.4, 0.5) is 17.3 Å². The largest absolute Gasteiger partial charge is 0.493 e. The first-order chi connectivity index (χ1) is 13.3. The Morgan fingerprint density at radius 2 is 1.73 bits per heavy atom. The molecule has 162 valence electrons. The monoisotopic (exact) mass is 472 g/mol. The summed E-state index contributed by atoms with van der Waals surface area (Å²) < 4.78 is 10.8. The zero-order valence-corrected chi connectivity index (χ0v) is 18.7. The molecule has 11 heteroatoms. The molecule has 0 aromatic carbocycles. The van der Waals surface area contributed by atoms with Gasteiger partial charge in [0.2, 0.25) is 0 Å².